The van der Waals surface area contributed by atoms with Crippen molar-refractivity contribution >= 4 is 16.8 Å². The lowest BCUT2D eigenvalue weighted by atomic mass is 9.72. The van der Waals surface area contributed by atoms with Crippen LogP contribution in [0, 0.1) is 0 Å². The summed E-state index contributed by atoms with van der Waals surface area (Å²) in [7, 11) is 4.31. The van der Waals surface area contributed by atoms with E-state index in [2.05, 4.69) is 66.4 Å². The third-order valence-electron chi connectivity index (χ3n) is 6.61. The van der Waals surface area contributed by atoms with Gasteiger partial charge in [0, 0.05) is 34.6 Å². The van der Waals surface area contributed by atoms with Gasteiger partial charge in [0.25, 0.3) is 0 Å². The van der Waals surface area contributed by atoms with Crippen LogP contribution in [0.2, 0.25) is 0 Å². The molecule has 3 aromatic rings. The number of rotatable bonds is 5. The molecular formula is C25H29N3O. The Hall–Kier alpha value is -2.85. The van der Waals surface area contributed by atoms with E-state index < -0.39 is 0 Å². The minimum atomic E-state index is -0.289. The first-order valence-electron chi connectivity index (χ1n) is 10.3. The molecule has 29 heavy (non-hydrogen) atoms. The number of aromatic nitrogens is 1. The number of carbonyl (C=O) groups is 1. The third-order valence-corrected chi connectivity index (χ3v) is 6.61. The van der Waals surface area contributed by atoms with Crippen LogP contribution in [-0.2, 0) is 16.8 Å². The van der Waals surface area contributed by atoms with Crippen LogP contribution in [0.25, 0.3) is 10.9 Å². The second kappa shape index (κ2) is 7.88. The summed E-state index contributed by atoms with van der Waals surface area (Å²) in [5.74, 6) is -0.289. The Bertz CT molecular complexity index is 1040. The molecule has 4 rings (SSSR count). The number of allylic oxidation sites excluding steroid dienone is 1. The number of para-hydroxylation sites is 1. The molecular weight excluding hydrogens is 358 g/mol. The Morgan fingerprint density at radius 1 is 1.03 bits per heavy atom. The number of nitrogens with one attached hydrogen (secondary N) is 1. The van der Waals surface area contributed by atoms with E-state index in [-0.39, 0.29) is 11.4 Å². The van der Waals surface area contributed by atoms with E-state index in [9.17, 15) is 4.79 Å². The van der Waals surface area contributed by atoms with Crippen molar-refractivity contribution in [2.24, 2.45) is 5.73 Å². The molecule has 0 radical (unpaired) electrons. The van der Waals surface area contributed by atoms with Gasteiger partial charge in [-0.15, -0.1) is 0 Å². The Kier molecular flexibility index (Phi) is 5.29. The summed E-state index contributed by atoms with van der Waals surface area (Å²) >= 11 is 0. The number of amides is 1. The van der Waals surface area contributed by atoms with Gasteiger partial charge in [-0.2, -0.15) is 0 Å². The number of hydrogen-bond acceptors (Lipinski definition) is 2. The van der Waals surface area contributed by atoms with Crippen LogP contribution in [0.5, 0.6) is 0 Å². The van der Waals surface area contributed by atoms with Gasteiger partial charge in [0.15, 0.2) is 0 Å². The molecule has 0 bridgehead atoms. The fourth-order valence-electron chi connectivity index (χ4n) is 4.86. The van der Waals surface area contributed by atoms with E-state index in [0.717, 1.165) is 47.7 Å². The number of hydrogen-bond donors (Lipinski definition) is 2. The molecule has 1 saturated carbocycles. The van der Waals surface area contributed by atoms with Gasteiger partial charge in [-0.1, -0.05) is 54.1 Å². The first kappa shape index (κ1) is 19.5. The summed E-state index contributed by atoms with van der Waals surface area (Å²) in [5, 5.41) is 1.16. The zero-order chi connectivity index (χ0) is 20.4. The number of carbonyl (C=O) groups excluding carboxylic acids is 1. The monoisotopic (exact) mass is 387 g/mol. The molecule has 1 aliphatic carbocycles. The standard InChI is InChI=1S/C25H29N3O/c1-28(2)25(20-8-4-3-5-9-20)14-12-18(13-15-25)22(24(26)29)16-19-17-27-23-11-7-6-10-21(19)23/h3-11,17,27H,12-16H2,1-2H3,(H2,26,29). The summed E-state index contributed by atoms with van der Waals surface area (Å²) in [6, 6.07) is 18.9. The lowest BCUT2D eigenvalue weighted by molar-refractivity contribution is -0.114. The number of primary amides is 1. The van der Waals surface area contributed by atoms with Crippen LogP contribution >= 0.6 is 0 Å². The molecule has 0 spiro atoms. The molecule has 0 unspecified atom stereocenters. The molecule has 1 heterocycles. The van der Waals surface area contributed by atoms with Gasteiger partial charge in [0.1, 0.15) is 0 Å². The van der Waals surface area contributed by atoms with E-state index in [1.165, 1.54) is 11.1 Å². The maximum Gasteiger partial charge on any atom is 0.244 e. The van der Waals surface area contributed by atoms with Crippen LogP contribution in [0.3, 0.4) is 0 Å². The zero-order valence-corrected chi connectivity index (χ0v) is 17.2. The molecule has 2 aromatic carbocycles. The molecule has 0 aliphatic heterocycles. The smallest absolute Gasteiger partial charge is 0.244 e. The molecule has 150 valence electrons. The average molecular weight is 388 g/mol. The van der Waals surface area contributed by atoms with Gasteiger partial charge in [-0.05, 0) is 57.0 Å². The van der Waals surface area contributed by atoms with Gasteiger partial charge < -0.3 is 10.7 Å². The molecule has 4 nitrogen and oxygen atoms in total. The summed E-state index contributed by atoms with van der Waals surface area (Å²) in [6.45, 7) is 0. The Morgan fingerprint density at radius 2 is 1.69 bits per heavy atom. The van der Waals surface area contributed by atoms with Crippen molar-refractivity contribution < 1.29 is 4.79 Å². The molecule has 3 N–H and O–H groups in total. The van der Waals surface area contributed by atoms with E-state index in [4.69, 9.17) is 5.73 Å². The van der Waals surface area contributed by atoms with Gasteiger partial charge in [-0.3, -0.25) is 9.69 Å². The second-order valence-electron chi connectivity index (χ2n) is 8.27. The summed E-state index contributed by atoms with van der Waals surface area (Å²) in [4.78, 5) is 18.0. The predicted molar refractivity (Wildman–Crippen MR) is 118 cm³/mol. The normalized spacial score (nSPS) is 19.6. The number of H-pyrrole nitrogens is 1. The predicted octanol–water partition coefficient (Wildman–Crippen LogP) is 4.52. The van der Waals surface area contributed by atoms with Gasteiger partial charge in [0.05, 0.1) is 0 Å². The van der Waals surface area contributed by atoms with E-state index in [1.54, 1.807) is 0 Å². The highest BCUT2D eigenvalue weighted by molar-refractivity contribution is 5.94. The van der Waals surface area contributed by atoms with Gasteiger partial charge in [-0.25, -0.2) is 0 Å². The molecule has 4 heteroatoms. The van der Waals surface area contributed by atoms with Gasteiger partial charge >= 0.3 is 0 Å². The molecule has 1 fully saturated rings. The molecule has 0 saturated heterocycles. The zero-order valence-electron chi connectivity index (χ0n) is 17.2. The van der Waals surface area contributed by atoms with E-state index >= 15 is 0 Å². The number of fused-ring (bicyclic) bond motifs is 1. The molecule has 1 amide bonds. The topological polar surface area (TPSA) is 62.1 Å². The summed E-state index contributed by atoms with van der Waals surface area (Å²) in [6.07, 6.45) is 6.37. The fourth-order valence-corrected chi connectivity index (χ4v) is 4.86. The summed E-state index contributed by atoms with van der Waals surface area (Å²) in [5.41, 5.74) is 11.4. The van der Waals surface area contributed by atoms with Crippen molar-refractivity contribution in [3.8, 4) is 0 Å². The van der Waals surface area contributed by atoms with Crippen LogP contribution < -0.4 is 5.73 Å². The number of nitrogens with zero attached hydrogens (tertiary/aromatic N) is 1. The van der Waals surface area contributed by atoms with Crippen molar-refractivity contribution in [2.75, 3.05) is 14.1 Å². The number of benzene rings is 2. The van der Waals surface area contributed by atoms with Crippen molar-refractivity contribution in [3.05, 3.63) is 83.1 Å². The van der Waals surface area contributed by atoms with Crippen LogP contribution in [0.4, 0.5) is 0 Å². The third kappa shape index (κ3) is 3.60. The lowest BCUT2D eigenvalue weighted by Crippen LogP contribution is -2.43. The maximum atomic E-state index is 12.4. The van der Waals surface area contributed by atoms with E-state index in [0.29, 0.717) is 6.42 Å². The minimum Gasteiger partial charge on any atom is -0.366 e. The molecule has 1 aromatic heterocycles. The average Bonchev–Trinajstić information content (AvgIpc) is 3.15. The largest absolute Gasteiger partial charge is 0.366 e. The van der Waals surface area contributed by atoms with E-state index in [1.807, 2.05) is 18.3 Å². The molecule has 1 aliphatic rings. The first-order valence-corrected chi connectivity index (χ1v) is 10.3. The minimum absolute atomic E-state index is 0.00823. The highest BCUT2D eigenvalue weighted by atomic mass is 16.1. The Labute approximate surface area is 172 Å². The quantitative estimate of drug-likeness (QED) is 0.632. The van der Waals surface area contributed by atoms with Crippen molar-refractivity contribution in [3.63, 3.8) is 0 Å². The van der Waals surface area contributed by atoms with Crippen molar-refractivity contribution in [1.29, 1.82) is 0 Å². The maximum absolute atomic E-state index is 12.4. The van der Waals surface area contributed by atoms with Crippen molar-refractivity contribution in [1.82, 2.24) is 9.88 Å². The first-order chi connectivity index (χ1) is 14.0. The van der Waals surface area contributed by atoms with Crippen LogP contribution in [0.1, 0.15) is 36.8 Å². The Balaban J connectivity index is 1.63. The molecule has 0 atom stereocenters. The SMILES string of the molecule is CN(C)C1(c2ccccc2)CCC(=C(Cc2c[nH]c3ccccc23)C(N)=O)CC1. The number of nitrogens with two attached hydrogens (primary N) is 1. The number of aromatic amines is 1. The summed E-state index contributed by atoms with van der Waals surface area (Å²) < 4.78 is 0. The second-order valence-corrected chi connectivity index (χ2v) is 8.27. The van der Waals surface area contributed by atoms with Crippen LogP contribution in [0.15, 0.2) is 71.9 Å². The van der Waals surface area contributed by atoms with Crippen LogP contribution in [-0.4, -0.2) is 29.9 Å². The van der Waals surface area contributed by atoms with Crippen molar-refractivity contribution in [2.45, 2.75) is 37.6 Å². The highest BCUT2D eigenvalue weighted by Crippen LogP contribution is 2.44. The fraction of sp³-hybridized carbons (Fsp3) is 0.320. The lowest BCUT2D eigenvalue weighted by Gasteiger charge is -2.44. The highest BCUT2D eigenvalue weighted by Gasteiger charge is 2.38. The Morgan fingerprint density at radius 3 is 2.34 bits per heavy atom. The van der Waals surface area contributed by atoms with Gasteiger partial charge in [0.2, 0.25) is 5.91 Å².